The molecule has 1 aliphatic carbocycles. The molecule has 0 aromatic carbocycles. The summed E-state index contributed by atoms with van der Waals surface area (Å²) in [6.07, 6.45) is 3.91. The van der Waals surface area contributed by atoms with Crippen LogP contribution in [0.15, 0.2) is 12.2 Å². The molecule has 13 heavy (non-hydrogen) atoms. The molecule has 0 bridgehead atoms. The molecule has 76 valence electrons. The van der Waals surface area contributed by atoms with E-state index in [1.807, 2.05) is 0 Å². The van der Waals surface area contributed by atoms with Crippen LogP contribution in [0.2, 0.25) is 0 Å². The van der Waals surface area contributed by atoms with Gasteiger partial charge in [0.1, 0.15) is 0 Å². The predicted molar refractivity (Wildman–Crippen MR) is 46.4 cm³/mol. The first-order valence-corrected chi connectivity index (χ1v) is 4.81. The Morgan fingerprint density at radius 1 is 1.08 bits per heavy atom. The molecule has 0 aliphatic heterocycles. The van der Waals surface area contributed by atoms with Gasteiger partial charge in [-0.3, -0.25) is 0 Å². The van der Waals surface area contributed by atoms with Gasteiger partial charge in [-0.05, 0) is 18.8 Å². The molecular weight excluding hydrogens is 177 g/mol. The molecule has 3 heteroatoms. The Bertz CT molecular complexity index is 163. The van der Waals surface area contributed by atoms with Crippen molar-refractivity contribution >= 4 is 0 Å². The van der Waals surface area contributed by atoms with E-state index in [-0.39, 0.29) is 0 Å². The fourth-order valence-corrected chi connectivity index (χ4v) is 1.72. The third kappa shape index (κ3) is 4.96. The number of hydrogen-bond acceptors (Lipinski definition) is 0. The van der Waals surface area contributed by atoms with Crippen molar-refractivity contribution < 1.29 is 13.2 Å². The molecule has 0 unspecified atom stereocenters. The molecule has 0 N–H and O–H groups in total. The molecule has 0 radical (unpaired) electrons. The molecule has 1 rings (SSSR count). The minimum Gasteiger partial charge on any atom is -0.171 e. The van der Waals surface area contributed by atoms with E-state index in [0.29, 0.717) is 5.92 Å². The van der Waals surface area contributed by atoms with E-state index < -0.39 is 12.6 Å². The van der Waals surface area contributed by atoms with Crippen molar-refractivity contribution in [2.75, 3.05) is 0 Å². The van der Waals surface area contributed by atoms with Crippen LogP contribution in [0.3, 0.4) is 0 Å². The van der Waals surface area contributed by atoms with Crippen molar-refractivity contribution in [3.8, 4) is 0 Å². The second kappa shape index (κ2) is 4.68. The highest BCUT2D eigenvalue weighted by Gasteiger charge is 2.24. The summed E-state index contributed by atoms with van der Waals surface area (Å²) < 4.78 is 35.3. The fraction of sp³-hybridized carbons (Fsp3) is 0.800. The lowest BCUT2D eigenvalue weighted by Crippen LogP contribution is -2.06. The highest BCUT2D eigenvalue weighted by Crippen LogP contribution is 2.26. The molecule has 1 saturated carbocycles. The van der Waals surface area contributed by atoms with Gasteiger partial charge < -0.3 is 0 Å². The van der Waals surface area contributed by atoms with Gasteiger partial charge in [0.25, 0.3) is 0 Å². The van der Waals surface area contributed by atoms with Crippen molar-refractivity contribution in [2.45, 2.75) is 44.7 Å². The van der Waals surface area contributed by atoms with E-state index in [4.69, 9.17) is 0 Å². The summed E-state index contributed by atoms with van der Waals surface area (Å²) in [4.78, 5) is 0. The lowest BCUT2D eigenvalue weighted by Gasteiger charge is -2.17. The average Bonchev–Trinajstić information content (AvgIpc) is 2.04. The Kier molecular flexibility index (Phi) is 3.82. The van der Waals surface area contributed by atoms with Crippen LogP contribution in [0.5, 0.6) is 0 Å². The maximum Gasteiger partial charge on any atom is 0.392 e. The van der Waals surface area contributed by atoms with Crippen molar-refractivity contribution in [1.29, 1.82) is 0 Å². The second-order valence-electron chi connectivity index (χ2n) is 3.65. The Morgan fingerprint density at radius 3 is 2.23 bits per heavy atom. The van der Waals surface area contributed by atoms with Gasteiger partial charge in [0.05, 0.1) is 6.42 Å². The minimum absolute atomic E-state index is 0.399. The van der Waals surface area contributed by atoms with Gasteiger partial charge in [-0.15, -0.1) is 0 Å². The molecule has 0 atom stereocenters. The van der Waals surface area contributed by atoms with Crippen LogP contribution in [0.1, 0.15) is 38.5 Å². The zero-order valence-corrected chi connectivity index (χ0v) is 7.61. The Balaban J connectivity index is 2.22. The first-order valence-electron chi connectivity index (χ1n) is 4.81. The van der Waals surface area contributed by atoms with Crippen molar-refractivity contribution in [3.63, 3.8) is 0 Å². The zero-order valence-electron chi connectivity index (χ0n) is 7.61. The molecule has 0 amide bonds. The van der Waals surface area contributed by atoms with E-state index in [1.54, 1.807) is 6.08 Å². The van der Waals surface area contributed by atoms with Crippen LogP contribution in [-0.2, 0) is 0 Å². The monoisotopic (exact) mass is 192 g/mol. The summed E-state index contributed by atoms with van der Waals surface area (Å²) in [5, 5.41) is 0. The lowest BCUT2D eigenvalue weighted by atomic mass is 9.89. The Morgan fingerprint density at radius 2 is 1.69 bits per heavy atom. The number of allylic oxidation sites excluding steroid dienone is 2. The molecule has 0 saturated heterocycles. The third-order valence-corrected chi connectivity index (χ3v) is 2.41. The third-order valence-electron chi connectivity index (χ3n) is 2.41. The van der Waals surface area contributed by atoms with Crippen molar-refractivity contribution in [3.05, 3.63) is 12.2 Å². The maximum atomic E-state index is 11.8. The highest BCUT2D eigenvalue weighted by atomic mass is 19.4. The van der Waals surface area contributed by atoms with Gasteiger partial charge in [0.15, 0.2) is 0 Å². The first kappa shape index (κ1) is 10.6. The highest BCUT2D eigenvalue weighted by molar-refractivity contribution is 4.91. The van der Waals surface area contributed by atoms with E-state index in [9.17, 15) is 13.2 Å². The van der Waals surface area contributed by atoms with Gasteiger partial charge in [-0.1, -0.05) is 31.4 Å². The molecule has 0 aromatic rings. The molecule has 0 nitrogen and oxygen atoms in total. The Hall–Kier alpha value is -0.470. The number of alkyl halides is 3. The molecule has 1 fully saturated rings. The summed E-state index contributed by atoms with van der Waals surface area (Å²) in [5.41, 5.74) is 0. The predicted octanol–water partition coefficient (Wildman–Crippen LogP) is 4.08. The van der Waals surface area contributed by atoms with Crippen LogP contribution in [0, 0.1) is 5.92 Å². The van der Waals surface area contributed by atoms with E-state index in [2.05, 4.69) is 0 Å². The van der Waals surface area contributed by atoms with Crippen LogP contribution >= 0.6 is 0 Å². The van der Waals surface area contributed by atoms with Crippen LogP contribution in [0.25, 0.3) is 0 Å². The average molecular weight is 192 g/mol. The van der Waals surface area contributed by atoms with Crippen molar-refractivity contribution in [1.82, 2.24) is 0 Å². The minimum atomic E-state index is -4.04. The largest absolute Gasteiger partial charge is 0.392 e. The first-order chi connectivity index (χ1) is 6.08. The van der Waals surface area contributed by atoms with Crippen LogP contribution in [-0.4, -0.2) is 6.18 Å². The van der Waals surface area contributed by atoms with E-state index >= 15 is 0 Å². The van der Waals surface area contributed by atoms with E-state index in [1.165, 1.54) is 25.3 Å². The summed E-state index contributed by atoms with van der Waals surface area (Å²) in [6, 6.07) is 0. The number of halogens is 3. The number of hydrogen-bond donors (Lipinski definition) is 0. The van der Waals surface area contributed by atoms with E-state index in [0.717, 1.165) is 12.8 Å². The van der Waals surface area contributed by atoms with Gasteiger partial charge in [-0.2, -0.15) is 13.2 Å². The maximum absolute atomic E-state index is 11.8. The van der Waals surface area contributed by atoms with Crippen LogP contribution in [0.4, 0.5) is 13.2 Å². The van der Waals surface area contributed by atoms with Gasteiger partial charge >= 0.3 is 6.18 Å². The summed E-state index contributed by atoms with van der Waals surface area (Å²) in [7, 11) is 0. The quantitative estimate of drug-likeness (QED) is 0.578. The molecule has 0 aromatic heterocycles. The lowest BCUT2D eigenvalue weighted by molar-refractivity contribution is -0.125. The fourth-order valence-electron chi connectivity index (χ4n) is 1.72. The van der Waals surface area contributed by atoms with Gasteiger partial charge in [0.2, 0.25) is 0 Å². The zero-order chi connectivity index (χ0) is 9.73. The molecule has 1 aliphatic rings. The SMILES string of the molecule is FC(F)(F)C/C=C\C1CCCCC1. The normalized spacial score (nSPS) is 21.2. The molecule has 0 spiro atoms. The smallest absolute Gasteiger partial charge is 0.171 e. The summed E-state index contributed by atoms with van der Waals surface area (Å²) in [5.74, 6) is 0.399. The molecular formula is C10H15F3. The standard InChI is InChI=1S/C10H15F3/c11-10(12,13)8-4-7-9-5-2-1-3-6-9/h4,7,9H,1-3,5-6,8H2/b7-4-. The number of rotatable bonds is 2. The van der Waals surface area contributed by atoms with Crippen LogP contribution < -0.4 is 0 Å². The second-order valence-corrected chi connectivity index (χ2v) is 3.65. The summed E-state index contributed by atoms with van der Waals surface area (Å²) in [6.45, 7) is 0. The van der Waals surface area contributed by atoms with Gasteiger partial charge in [0, 0.05) is 0 Å². The van der Waals surface area contributed by atoms with Crippen molar-refractivity contribution in [2.24, 2.45) is 5.92 Å². The molecule has 0 heterocycles. The Labute approximate surface area is 76.8 Å². The van der Waals surface area contributed by atoms with Gasteiger partial charge in [-0.25, -0.2) is 0 Å². The summed E-state index contributed by atoms with van der Waals surface area (Å²) >= 11 is 0. The topological polar surface area (TPSA) is 0 Å².